The molecule has 0 atom stereocenters. The molecule has 0 saturated heterocycles. The second-order valence-electron chi connectivity index (χ2n) is 4.98. The summed E-state index contributed by atoms with van der Waals surface area (Å²) in [6.07, 6.45) is -4.78. The molecule has 2 rings (SSSR count). The number of alkyl halides is 3. The Morgan fingerprint density at radius 1 is 1.15 bits per heavy atom. The molecule has 0 amide bonds. The molecule has 2 aromatic rings. The van der Waals surface area contributed by atoms with Gasteiger partial charge in [-0.05, 0) is 25.5 Å². The Morgan fingerprint density at radius 2 is 1.77 bits per heavy atom. The molecule has 0 radical (unpaired) electrons. The molecular weight excluding hydrogens is 357 g/mol. The van der Waals surface area contributed by atoms with Crippen molar-refractivity contribution in [2.45, 2.75) is 25.9 Å². The first-order valence-electron chi connectivity index (χ1n) is 7.62. The van der Waals surface area contributed by atoms with Gasteiger partial charge < -0.3 is 14.0 Å². The van der Waals surface area contributed by atoms with Crippen molar-refractivity contribution in [2.24, 2.45) is 0 Å². The van der Waals surface area contributed by atoms with Gasteiger partial charge in [-0.2, -0.15) is 18.2 Å². The zero-order valence-corrected chi connectivity index (χ0v) is 13.9. The van der Waals surface area contributed by atoms with Gasteiger partial charge in [0.2, 0.25) is 5.82 Å². The smallest absolute Gasteiger partial charge is 0.465 e. The topological polar surface area (TPSA) is 91.5 Å². The van der Waals surface area contributed by atoms with E-state index >= 15 is 0 Å². The lowest BCUT2D eigenvalue weighted by atomic mass is 9.97. The molecule has 0 unspecified atom stereocenters. The van der Waals surface area contributed by atoms with Crippen molar-refractivity contribution in [3.8, 4) is 11.4 Å². The van der Waals surface area contributed by atoms with E-state index in [1.807, 2.05) is 0 Å². The Hall–Kier alpha value is -2.91. The number of benzene rings is 1. The first-order valence-corrected chi connectivity index (χ1v) is 7.62. The van der Waals surface area contributed by atoms with Crippen LogP contribution in [0, 0.1) is 0 Å². The summed E-state index contributed by atoms with van der Waals surface area (Å²) in [5.74, 6) is -4.85. The number of nitrogens with zero attached hydrogens (tertiary/aromatic N) is 2. The van der Waals surface area contributed by atoms with Crippen LogP contribution in [0.4, 0.5) is 13.2 Å². The second-order valence-corrected chi connectivity index (χ2v) is 4.98. The van der Waals surface area contributed by atoms with Crippen molar-refractivity contribution in [3.63, 3.8) is 0 Å². The van der Waals surface area contributed by atoms with E-state index in [0.29, 0.717) is 0 Å². The summed E-state index contributed by atoms with van der Waals surface area (Å²) in [4.78, 5) is 27.5. The Bertz CT molecular complexity index is 770. The lowest BCUT2D eigenvalue weighted by molar-refractivity contribution is -0.159. The molecule has 1 heterocycles. The van der Waals surface area contributed by atoms with Crippen LogP contribution in [0.1, 0.15) is 31.2 Å². The monoisotopic (exact) mass is 372 g/mol. The number of rotatable bonds is 6. The normalized spacial score (nSPS) is 11.5. The summed E-state index contributed by atoms with van der Waals surface area (Å²) in [5.41, 5.74) is 0.318. The van der Waals surface area contributed by atoms with E-state index in [2.05, 4.69) is 14.7 Å². The van der Waals surface area contributed by atoms with E-state index in [-0.39, 0.29) is 30.2 Å². The first-order chi connectivity index (χ1) is 12.3. The molecule has 0 aliphatic carbocycles. The van der Waals surface area contributed by atoms with E-state index in [0.717, 1.165) is 0 Å². The van der Waals surface area contributed by atoms with Gasteiger partial charge in [0.15, 0.2) is 5.92 Å². The summed E-state index contributed by atoms with van der Waals surface area (Å²) in [6, 6.07) is 5.62. The standard InChI is InChI=1S/C16H15F3N2O5/c1-3-24-13(22)11(14(23)25-4-2)9-6-5-7-10(8-9)12-20-15(26-21-12)16(17,18)19/h5-8,11H,3-4H2,1-2H3. The number of esters is 2. The lowest BCUT2D eigenvalue weighted by Gasteiger charge is -2.15. The number of carbonyl (C=O) groups excluding carboxylic acids is 2. The summed E-state index contributed by atoms with van der Waals surface area (Å²) < 4.78 is 51.7. The van der Waals surface area contributed by atoms with Gasteiger partial charge in [-0.15, -0.1) is 0 Å². The van der Waals surface area contributed by atoms with Gasteiger partial charge in [-0.1, -0.05) is 23.4 Å². The number of ether oxygens (including phenoxy) is 2. The van der Waals surface area contributed by atoms with Gasteiger partial charge in [-0.25, -0.2) is 0 Å². The van der Waals surface area contributed by atoms with Crippen molar-refractivity contribution in [1.82, 2.24) is 10.1 Å². The minimum absolute atomic E-state index is 0.0498. The van der Waals surface area contributed by atoms with Gasteiger partial charge in [0.05, 0.1) is 13.2 Å². The highest BCUT2D eigenvalue weighted by Crippen LogP contribution is 2.30. The summed E-state index contributed by atoms with van der Waals surface area (Å²) in [5, 5.41) is 3.28. The molecule has 0 aliphatic rings. The van der Waals surface area contributed by atoms with Crippen LogP contribution in [0.5, 0.6) is 0 Å². The maximum Gasteiger partial charge on any atom is 0.471 e. The van der Waals surface area contributed by atoms with Crippen LogP contribution in [-0.4, -0.2) is 35.3 Å². The minimum atomic E-state index is -4.78. The first kappa shape index (κ1) is 19.4. The highest BCUT2D eigenvalue weighted by atomic mass is 19.4. The lowest BCUT2D eigenvalue weighted by Crippen LogP contribution is -2.26. The average molecular weight is 372 g/mol. The van der Waals surface area contributed by atoms with E-state index < -0.39 is 29.9 Å². The third-order valence-corrected chi connectivity index (χ3v) is 3.19. The van der Waals surface area contributed by atoms with Gasteiger partial charge in [0.1, 0.15) is 0 Å². The molecular formula is C16H15F3N2O5. The van der Waals surface area contributed by atoms with E-state index in [9.17, 15) is 22.8 Å². The predicted molar refractivity (Wildman–Crippen MR) is 80.7 cm³/mol. The van der Waals surface area contributed by atoms with Crippen molar-refractivity contribution in [1.29, 1.82) is 0 Å². The van der Waals surface area contributed by atoms with Crippen LogP contribution in [0.15, 0.2) is 28.8 Å². The third-order valence-electron chi connectivity index (χ3n) is 3.19. The summed E-state index contributed by atoms with van der Waals surface area (Å²) >= 11 is 0. The molecule has 140 valence electrons. The molecule has 0 bridgehead atoms. The molecule has 7 nitrogen and oxygen atoms in total. The van der Waals surface area contributed by atoms with Crippen molar-refractivity contribution in [3.05, 3.63) is 35.7 Å². The summed E-state index contributed by atoms with van der Waals surface area (Å²) in [7, 11) is 0. The highest BCUT2D eigenvalue weighted by molar-refractivity contribution is 6.01. The van der Waals surface area contributed by atoms with Crippen molar-refractivity contribution < 1.29 is 36.8 Å². The summed E-state index contributed by atoms with van der Waals surface area (Å²) in [6.45, 7) is 3.26. The highest BCUT2D eigenvalue weighted by Gasteiger charge is 2.38. The van der Waals surface area contributed by atoms with E-state index in [1.54, 1.807) is 13.8 Å². The van der Waals surface area contributed by atoms with Crippen LogP contribution in [0.25, 0.3) is 11.4 Å². The fraction of sp³-hybridized carbons (Fsp3) is 0.375. The zero-order valence-electron chi connectivity index (χ0n) is 13.9. The van der Waals surface area contributed by atoms with Gasteiger partial charge in [-0.3, -0.25) is 9.59 Å². The van der Waals surface area contributed by atoms with Crippen molar-refractivity contribution in [2.75, 3.05) is 13.2 Å². The molecule has 10 heteroatoms. The maximum atomic E-state index is 12.6. The molecule has 0 spiro atoms. The van der Waals surface area contributed by atoms with Crippen LogP contribution in [0.2, 0.25) is 0 Å². The van der Waals surface area contributed by atoms with Gasteiger partial charge in [0.25, 0.3) is 0 Å². The second kappa shape index (κ2) is 7.98. The van der Waals surface area contributed by atoms with Crippen LogP contribution in [0.3, 0.4) is 0 Å². The Kier molecular flexibility index (Phi) is 5.96. The number of hydrogen-bond acceptors (Lipinski definition) is 7. The van der Waals surface area contributed by atoms with E-state index in [1.165, 1.54) is 24.3 Å². The molecule has 26 heavy (non-hydrogen) atoms. The largest absolute Gasteiger partial charge is 0.471 e. The Balaban J connectivity index is 2.40. The van der Waals surface area contributed by atoms with Crippen molar-refractivity contribution >= 4 is 11.9 Å². The van der Waals surface area contributed by atoms with Crippen LogP contribution < -0.4 is 0 Å². The molecule has 0 N–H and O–H groups in total. The fourth-order valence-electron chi connectivity index (χ4n) is 2.13. The SMILES string of the molecule is CCOC(=O)C(C(=O)OCC)c1cccc(-c2noc(C(F)(F)F)n2)c1. The number of halogens is 3. The van der Waals surface area contributed by atoms with Crippen LogP contribution in [-0.2, 0) is 25.2 Å². The molecule has 1 aromatic carbocycles. The minimum Gasteiger partial charge on any atom is -0.465 e. The Labute approximate surface area is 146 Å². The maximum absolute atomic E-state index is 12.6. The number of hydrogen-bond donors (Lipinski definition) is 0. The molecule has 1 aromatic heterocycles. The zero-order chi connectivity index (χ0) is 19.3. The average Bonchev–Trinajstić information content (AvgIpc) is 3.06. The fourth-order valence-corrected chi connectivity index (χ4v) is 2.13. The van der Waals surface area contributed by atoms with Gasteiger partial charge >= 0.3 is 24.0 Å². The molecule has 0 fully saturated rings. The van der Waals surface area contributed by atoms with Gasteiger partial charge in [0, 0.05) is 5.56 Å². The number of aromatic nitrogens is 2. The predicted octanol–water partition coefficient (Wildman–Crippen LogP) is 2.97. The molecule has 0 aliphatic heterocycles. The third kappa shape index (κ3) is 4.38. The molecule has 0 saturated carbocycles. The van der Waals surface area contributed by atoms with Crippen LogP contribution >= 0.6 is 0 Å². The van der Waals surface area contributed by atoms with E-state index in [4.69, 9.17) is 9.47 Å². The Morgan fingerprint density at radius 3 is 2.27 bits per heavy atom. The quantitative estimate of drug-likeness (QED) is 0.569. The number of carbonyl (C=O) groups is 2.